The fraction of sp³-hybridized carbons (Fsp3) is 0.692. The Bertz CT molecular complexity index is 456. The predicted octanol–water partition coefficient (Wildman–Crippen LogP) is 1.23. The van der Waals surface area contributed by atoms with Crippen LogP contribution in [-0.4, -0.2) is 38.7 Å². The number of aryl methyl sites for hydroxylation is 1. The number of nitrogens with one attached hydrogen (secondary N) is 2. The fourth-order valence-electron chi connectivity index (χ4n) is 2.02. The van der Waals surface area contributed by atoms with Gasteiger partial charge in [-0.05, 0) is 18.3 Å². The van der Waals surface area contributed by atoms with Gasteiger partial charge in [-0.1, -0.05) is 20.8 Å². The first-order valence-electron chi connectivity index (χ1n) is 6.83. The first kappa shape index (κ1) is 16.1. The summed E-state index contributed by atoms with van der Waals surface area (Å²) >= 11 is 0. The van der Waals surface area contributed by atoms with Crippen LogP contribution in [-0.2, 0) is 11.2 Å². The van der Waals surface area contributed by atoms with E-state index in [2.05, 4.69) is 20.5 Å². The molecule has 0 unspecified atom stereocenters. The highest BCUT2D eigenvalue weighted by atomic mass is 16.4. The SMILES string of the molecule is CCc1nc(C(=O)NC[C@H](CC(=O)O)CC(C)C)n[nH]1. The molecular formula is C13H22N4O3. The van der Waals surface area contributed by atoms with E-state index in [1.807, 2.05) is 20.8 Å². The molecule has 1 aromatic heterocycles. The maximum absolute atomic E-state index is 11.8. The van der Waals surface area contributed by atoms with Crippen molar-refractivity contribution in [2.75, 3.05) is 6.54 Å². The third-order valence-electron chi connectivity index (χ3n) is 2.89. The van der Waals surface area contributed by atoms with Crippen molar-refractivity contribution in [2.45, 2.75) is 40.0 Å². The van der Waals surface area contributed by atoms with E-state index < -0.39 is 5.97 Å². The van der Waals surface area contributed by atoms with Crippen LogP contribution in [0, 0.1) is 11.8 Å². The van der Waals surface area contributed by atoms with Crippen molar-refractivity contribution in [3.8, 4) is 0 Å². The number of aromatic nitrogens is 3. The number of nitrogens with zero attached hydrogens (tertiary/aromatic N) is 2. The summed E-state index contributed by atoms with van der Waals surface area (Å²) in [6, 6.07) is 0. The van der Waals surface area contributed by atoms with Gasteiger partial charge in [-0.25, -0.2) is 4.98 Å². The molecule has 112 valence electrons. The monoisotopic (exact) mass is 282 g/mol. The normalized spacial score (nSPS) is 12.4. The number of carboxylic acid groups (broad SMARTS) is 1. The number of carbonyl (C=O) groups excluding carboxylic acids is 1. The molecule has 0 aliphatic rings. The van der Waals surface area contributed by atoms with Crippen LogP contribution in [0.1, 0.15) is 50.1 Å². The Morgan fingerprint density at radius 3 is 2.60 bits per heavy atom. The molecule has 20 heavy (non-hydrogen) atoms. The molecule has 1 rings (SSSR count). The van der Waals surface area contributed by atoms with Crippen LogP contribution in [0.25, 0.3) is 0 Å². The lowest BCUT2D eigenvalue weighted by Gasteiger charge is -2.17. The summed E-state index contributed by atoms with van der Waals surface area (Å²) in [6.07, 6.45) is 1.47. The standard InChI is InChI=1S/C13H22N4O3/c1-4-10-15-12(17-16-10)13(20)14-7-9(5-8(2)3)6-11(18)19/h8-9H,4-7H2,1-3H3,(H,14,20)(H,18,19)(H,15,16,17)/t9-/m0/s1. The lowest BCUT2D eigenvalue weighted by atomic mass is 9.94. The molecule has 0 saturated carbocycles. The predicted molar refractivity (Wildman–Crippen MR) is 73.3 cm³/mol. The number of H-pyrrole nitrogens is 1. The molecule has 3 N–H and O–H groups in total. The summed E-state index contributed by atoms with van der Waals surface area (Å²) in [5.74, 6) is -0.177. The number of amides is 1. The van der Waals surface area contributed by atoms with Crippen molar-refractivity contribution in [2.24, 2.45) is 11.8 Å². The van der Waals surface area contributed by atoms with Gasteiger partial charge in [0, 0.05) is 19.4 Å². The second-order valence-corrected chi connectivity index (χ2v) is 5.26. The molecule has 7 heteroatoms. The number of aromatic amines is 1. The molecule has 0 aliphatic carbocycles. The van der Waals surface area contributed by atoms with E-state index in [4.69, 9.17) is 5.11 Å². The quantitative estimate of drug-likeness (QED) is 0.664. The van der Waals surface area contributed by atoms with E-state index in [9.17, 15) is 9.59 Å². The Morgan fingerprint density at radius 1 is 1.40 bits per heavy atom. The minimum absolute atomic E-state index is 0.0483. The largest absolute Gasteiger partial charge is 0.481 e. The van der Waals surface area contributed by atoms with Gasteiger partial charge in [-0.15, -0.1) is 5.10 Å². The summed E-state index contributed by atoms with van der Waals surface area (Å²) in [4.78, 5) is 26.7. The number of hydrogen-bond donors (Lipinski definition) is 3. The number of rotatable bonds is 8. The van der Waals surface area contributed by atoms with Crippen molar-refractivity contribution < 1.29 is 14.7 Å². The van der Waals surface area contributed by atoms with Crippen LogP contribution in [0.4, 0.5) is 0 Å². The molecular weight excluding hydrogens is 260 g/mol. The van der Waals surface area contributed by atoms with Gasteiger partial charge in [-0.2, -0.15) is 0 Å². The van der Waals surface area contributed by atoms with Crippen LogP contribution >= 0.6 is 0 Å². The summed E-state index contributed by atoms with van der Waals surface area (Å²) in [7, 11) is 0. The Labute approximate surface area is 118 Å². The molecule has 7 nitrogen and oxygen atoms in total. The maximum Gasteiger partial charge on any atom is 0.303 e. The maximum atomic E-state index is 11.8. The van der Waals surface area contributed by atoms with Crippen LogP contribution < -0.4 is 5.32 Å². The van der Waals surface area contributed by atoms with Crippen molar-refractivity contribution >= 4 is 11.9 Å². The van der Waals surface area contributed by atoms with Gasteiger partial charge in [0.1, 0.15) is 5.82 Å². The summed E-state index contributed by atoms with van der Waals surface area (Å²) in [5.41, 5.74) is 0. The van der Waals surface area contributed by atoms with Gasteiger partial charge in [0.05, 0.1) is 0 Å². The second kappa shape index (κ2) is 7.62. The first-order chi connectivity index (χ1) is 9.42. The van der Waals surface area contributed by atoms with E-state index >= 15 is 0 Å². The molecule has 0 radical (unpaired) electrons. The number of hydrogen-bond acceptors (Lipinski definition) is 4. The Hall–Kier alpha value is -1.92. The molecule has 0 aromatic carbocycles. The molecule has 0 aliphatic heterocycles. The molecule has 0 saturated heterocycles. The van der Waals surface area contributed by atoms with Crippen LogP contribution in [0.2, 0.25) is 0 Å². The van der Waals surface area contributed by atoms with Crippen molar-refractivity contribution in [1.82, 2.24) is 20.5 Å². The second-order valence-electron chi connectivity index (χ2n) is 5.26. The Kier molecular flexibility index (Phi) is 6.14. The number of carboxylic acids is 1. The molecule has 1 amide bonds. The minimum atomic E-state index is -0.851. The zero-order valence-electron chi connectivity index (χ0n) is 12.1. The highest BCUT2D eigenvalue weighted by Gasteiger charge is 2.18. The van der Waals surface area contributed by atoms with Gasteiger partial charge < -0.3 is 10.4 Å². The van der Waals surface area contributed by atoms with E-state index in [1.165, 1.54) is 0 Å². The van der Waals surface area contributed by atoms with Gasteiger partial charge in [-0.3, -0.25) is 14.7 Å². The molecule has 1 atom stereocenters. The summed E-state index contributed by atoms with van der Waals surface area (Å²) in [6.45, 7) is 6.28. The topological polar surface area (TPSA) is 108 Å². The Morgan fingerprint density at radius 2 is 2.10 bits per heavy atom. The number of aliphatic carboxylic acids is 1. The molecule has 0 spiro atoms. The van der Waals surface area contributed by atoms with Gasteiger partial charge >= 0.3 is 5.97 Å². The summed E-state index contributed by atoms with van der Waals surface area (Å²) < 4.78 is 0. The van der Waals surface area contributed by atoms with Gasteiger partial charge in [0.15, 0.2) is 0 Å². The first-order valence-corrected chi connectivity index (χ1v) is 6.83. The van der Waals surface area contributed by atoms with E-state index in [1.54, 1.807) is 0 Å². The zero-order chi connectivity index (χ0) is 15.1. The van der Waals surface area contributed by atoms with Crippen molar-refractivity contribution in [3.05, 3.63) is 11.6 Å². The number of carbonyl (C=O) groups is 2. The van der Waals surface area contributed by atoms with Crippen LogP contribution in [0.5, 0.6) is 0 Å². The average molecular weight is 282 g/mol. The van der Waals surface area contributed by atoms with E-state index in [-0.39, 0.29) is 24.1 Å². The zero-order valence-corrected chi connectivity index (χ0v) is 12.1. The summed E-state index contributed by atoms with van der Waals surface area (Å²) in [5, 5.41) is 18.1. The fourth-order valence-corrected chi connectivity index (χ4v) is 2.02. The van der Waals surface area contributed by atoms with Gasteiger partial charge in [0.25, 0.3) is 5.91 Å². The van der Waals surface area contributed by atoms with Crippen LogP contribution in [0.15, 0.2) is 0 Å². The average Bonchev–Trinajstić information content (AvgIpc) is 2.83. The van der Waals surface area contributed by atoms with E-state index in [0.717, 1.165) is 6.42 Å². The lowest BCUT2D eigenvalue weighted by Crippen LogP contribution is -2.31. The highest BCUT2D eigenvalue weighted by molar-refractivity contribution is 5.90. The smallest absolute Gasteiger partial charge is 0.303 e. The van der Waals surface area contributed by atoms with Crippen molar-refractivity contribution in [3.63, 3.8) is 0 Å². The third kappa shape index (κ3) is 5.38. The van der Waals surface area contributed by atoms with Crippen molar-refractivity contribution in [1.29, 1.82) is 0 Å². The molecule has 0 fully saturated rings. The molecule has 1 heterocycles. The van der Waals surface area contributed by atoms with E-state index in [0.29, 0.717) is 24.7 Å². The van der Waals surface area contributed by atoms with Gasteiger partial charge in [0.2, 0.25) is 5.82 Å². The third-order valence-corrected chi connectivity index (χ3v) is 2.89. The lowest BCUT2D eigenvalue weighted by molar-refractivity contribution is -0.138. The van der Waals surface area contributed by atoms with Crippen LogP contribution in [0.3, 0.4) is 0 Å². The highest BCUT2D eigenvalue weighted by Crippen LogP contribution is 2.14. The Balaban J connectivity index is 2.52. The molecule has 0 bridgehead atoms. The molecule has 1 aromatic rings. The minimum Gasteiger partial charge on any atom is -0.481 e.